The minimum absolute atomic E-state index is 0.110. The summed E-state index contributed by atoms with van der Waals surface area (Å²) in [7, 11) is 0. The third kappa shape index (κ3) is 12.3. The molecule has 1 rings (SSSR count). The minimum Gasteiger partial charge on any atom is -0.375 e. The highest BCUT2D eigenvalue weighted by Crippen LogP contribution is 2.21. The lowest BCUT2D eigenvalue weighted by Crippen LogP contribution is -2.32. The molecule has 1 N–H and O–H groups in total. The highest BCUT2D eigenvalue weighted by molar-refractivity contribution is 5.75. The number of aromatic nitrogens is 3. The summed E-state index contributed by atoms with van der Waals surface area (Å²) in [4.78, 5) is 12.0. The zero-order valence-electron chi connectivity index (χ0n) is 20.1. The highest BCUT2D eigenvalue weighted by atomic mass is 16.5. The summed E-state index contributed by atoms with van der Waals surface area (Å²) in [5.74, 6) is 0.110. The molecule has 0 aliphatic heterocycles. The number of hydrogen-bond acceptors (Lipinski definition) is 5. The number of rotatable bonds is 17. The number of hydrogen-bond donors (Lipinski definition) is 1. The van der Waals surface area contributed by atoms with E-state index in [1.54, 1.807) is 0 Å². The number of carbonyl (C=O) groups is 1. The van der Waals surface area contributed by atoms with E-state index in [1.165, 1.54) is 0 Å². The lowest BCUT2D eigenvalue weighted by molar-refractivity contribution is -0.123. The summed E-state index contributed by atoms with van der Waals surface area (Å²) in [5.41, 5.74) is 0.198. The van der Waals surface area contributed by atoms with E-state index >= 15 is 0 Å². The van der Waals surface area contributed by atoms with Gasteiger partial charge < -0.3 is 14.8 Å². The number of unbranched alkanes of at least 4 members (excludes halogenated alkanes) is 3. The van der Waals surface area contributed by atoms with Crippen LogP contribution in [0.3, 0.4) is 0 Å². The van der Waals surface area contributed by atoms with Crippen LogP contribution < -0.4 is 5.32 Å². The molecule has 0 aliphatic carbocycles. The van der Waals surface area contributed by atoms with Gasteiger partial charge in [-0.2, -0.15) is 0 Å². The van der Waals surface area contributed by atoms with Crippen LogP contribution in [0, 0.1) is 0 Å². The molecule has 0 saturated heterocycles. The van der Waals surface area contributed by atoms with Gasteiger partial charge >= 0.3 is 0 Å². The Hall–Kier alpha value is -1.47. The summed E-state index contributed by atoms with van der Waals surface area (Å²) in [6.45, 7) is 15.2. The Morgan fingerprint density at radius 3 is 2.43 bits per heavy atom. The first kappa shape index (κ1) is 26.6. The van der Waals surface area contributed by atoms with Gasteiger partial charge in [0.15, 0.2) is 0 Å². The third-order valence-electron chi connectivity index (χ3n) is 5.19. The Morgan fingerprint density at radius 2 is 1.73 bits per heavy atom. The van der Waals surface area contributed by atoms with E-state index in [4.69, 9.17) is 9.47 Å². The van der Waals surface area contributed by atoms with Crippen molar-refractivity contribution in [3.05, 3.63) is 11.9 Å². The molecule has 0 unspecified atom stereocenters. The number of carbonyl (C=O) groups excluding carboxylic acids is 1. The molecule has 0 atom stereocenters. The van der Waals surface area contributed by atoms with Crippen LogP contribution in [0.25, 0.3) is 0 Å². The van der Waals surface area contributed by atoms with Gasteiger partial charge in [-0.05, 0) is 53.4 Å². The van der Waals surface area contributed by atoms with Gasteiger partial charge in [0.2, 0.25) is 5.91 Å². The van der Waals surface area contributed by atoms with E-state index in [-0.39, 0.29) is 17.1 Å². The zero-order valence-corrected chi connectivity index (χ0v) is 20.1. The second-order valence-corrected chi connectivity index (χ2v) is 9.29. The quantitative estimate of drug-likeness (QED) is 0.368. The molecule has 0 radical (unpaired) electrons. The molecule has 0 spiro atoms. The van der Waals surface area contributed by atoms with Crippen molar-refractivity contribution >= 4 is 5.91 Å². The predicted molar refractivity (Wildman–Crippen MR) is 120 cm³/mol. The van der Waals surface area contributed by atoms with Crippen LogP contribution in [0.2, 0.25) is 0 Å². The number of nitrogens with zero attached hydrogens (tertiary/aromatic N) is 3. The first-order chi connectivity index (χ1) is 14.2. The van der Waals surface area contributed by atoms with E-state index in [2.05, 4.69) is 43.3 Å². The molecule has 1 aromatic heterocycles. The van der Waals surface area contributed by atoms with Gasteiger partial charge in [0.05, 0.1) is 30.6 Å². The van der Waals surface area contributed by atoms with Crippen molar-refractivity contribution in [3.8, 4) is 0 Å². The molecule has 7 heteroatoms. The van der Waals surface area contributed by atoms with Gasteiger partial charge in [-0.3, -0.25) is 9.48 Å². The molecule has 7 nitrogen and oxygen atoms in total. The Morgan fingerprint density at radius 1 is 1.03 bits per heavy atom. The Labute approximate surface area is 183 Å². The Bertz CT molecular complexity index is 599. The fraction of sp³-hybridized carbons (Fsp3) is 0.870. The number of ether oxygens (including phenoxy) is 2. The van der Waals surface area contributed by atoms with Gasteiger partial charge in [-0.15, -0.1) is 5.10 Å². The zero-order chi connectivity index (χ0) is 22.5. The van der Waals surface area contributed by atoms with Gasteiger partial charge in [0.25, 0.3) is 0 Å². The van der Waals surface area contributed by atoms with E-state index in [0.29, 0.717) is 26.1 Å². The minimum atomic E-state index is -0.335. The SMILES string of the molecule is CCCCCNC(=O)CCC(C)(C)OCCC(C)(C)OCc1cn(CCCC)nn1. The molecular formula is C23H44N4O3. The van der Waals surface area contributed by atoms with Crippen molar-refractivity contribution in [2.24, 2.45) is 0 Å². The fourth-order valence-corrected chi connectivity index (χ4v) is 2.93. The Kier molecular flexibility index (Phi) is 12.2. The van der Waals surface area contributed by atoms with Gasteiger partial charge in [-0.25, -0.2) is 0 Å². The van der Waals surface area contributed by atoms with Crippen molar-refractivity contribution in [2.75, 3.05) is 13.2 Å². The Balaban J connectivity index is 2.25. The molecule has 0 aromatic carbocycles. The van der Waals surface area contributed by atoms with Gasteiger partial charge in [-0.1, -0.05) is 38.3 Å². The van der Waals surface area contributed by atoms with Crippen LogP contribution in [0.5, 0.6) is 0 Å². The maximum absolute atomic E-state index is 12.0. The highest BCUT2D eigenvalue weighted by Gasteiger charge is 2.24. The number of nitrogens with one attached hydrogen (secondary N) is 1. The van der Waals surface area contributed by atoms with E-state index in [9.17, 15) is 4.79 Å². The number of aryl methyl sites for hydroxylation is 1. The normalized spacial score (nSPS) is 12.3. The molecule has 0 fully saturated rings. The van der Waals surface area contributed by atoms with Crippen LogP contribution in [-0.4, -0.2) is 45.3 Å². The topological polar surface area (TPSA) is 78.3 Å². The van der Waals surface area contributed by atoms with Crippen LogP contribution in [0.4, 0.5) is 0 Å². The molecule has 1 amide bonds. The van der Waals surface area contributed by atoms with Gasteiger partial charge in [0.1, 0.15) is 5.69 Å². The smallest absolute Gasteiger partial charge is 0.220 e. The van der Waals surface area contributed by atoms with Crippen molar-refractivity contribution in [3.63, 3.8) is 0 Å². The monoisotopic (exact) mass is 424 g/mol. The maximum Gasteiger partial charge on any atom is 0.220 e. The number of amides is 1. The average molecular weight is 425 g/mol. The van der Waals surface area contributed by atoms with Crippen molar-refractivity contribution in [1.82, 2.24) is 20.3 Å². The second kappa shape index (κ2) is 13.8. The van der Waals surface area contributed by atoms with E-state index in [0.717, 1.165) is 57.3 Å². The average Bonchev–Trinajstić information content (AvgIpc) is 3.14. The maximum atomic E-state index is 12.0. The molecule has 174 valence electrons. The molecule has 1 heterocycles. The van der Waals surface area contributed by atoms with E-state index < -0.39 is 0 Å². The van der Waals surface area contributed by atoms with Crippen molar-refractivity contribution in [1.29, 1.82) is 0 Å². The summed E-state index contributed by atoms with van der Waals surface area (Å²) in [6, 6.07) is 0. The first-order valence-corrected chi connectivity index (χ1v) is 11.6. The summed E-state index contributed by atoms with van der Waals surface area (Å²) in [5, 5.41) is 11.3. The molecule has 30 heavy (non-hydrogen) atoms. The molecule has 0 aliphatic rings. The molecular weight excluding hydrogens is 380 g/mol. The van der Waals surface area contributed by atoms with Gasteiger partial charge in [0, 0.05) is 19.5 Å². The van der Waals surface area contributed by atoms with E-state index in [1.807, 2.05) is 24.7 Å². The molecule has 0 saturated carbocycles. The molecule has 0 bridgehead atoms. The first-order valence-electron chi connectivity index (χ1n) is 11.6. The van der Waals surface area contributed by atoms with Crippen LogP contribution in [-0.2, 0) is 27.4 Å². The predicted octanol–water partition coefficient (Wildman–Crippen LogP) is 4.65. The lowest BCUT2D eigenvalue weighted by atomic mass is 10.0. The second-order valence-electron chi connectivity index (χ2n) is 9.29. The third-order valence-corrected chi connectivity index (χ3v) is 5.19. The summed E-state index contributed by atoms with van der Waals surface area (Å²) in [6.07, 6.45) is 9.53. The lowest BCUT2D eigenvalue weighted by Gasteiger charge is -2.29. The van der Waals surface area contributed by atoms with Crippen molar-refractivity contribution < 1.29 is 14.3 Å². The largest absolute Gasteiger partial charge is 0.375 e. The van der Waals surface area contributed by atoms with Crippen molar-refractivity contribution in [2.45, 2.75) is 117 Å². The standard InChI is InChI=1S/C23H44N4O3/c1-7-9-11-15-24-21(28)12-13-22(3,4)29-17-14-23(5,6)30-19-20-18-27(26-25-20)16-10-8-2/h18H,7-17,19H2,1-6H3,(H,24,28). The summed E-state index contributed by atoms with van der Waals surface area (Å²) >= 11 is 0. The summed E-state index contributed by atoms with van der Waals surface area (Å²) < 4.78 is 14.0. The fourth-order valence-electron chi connectivity index (χ4n) is 2.93. The van der Waals surface area contributed by atoms with Crippen LogP contribution >= 0.6 is 0 Å². The molecule has 1 aromatic rings. The van der Waals surface area contributed by atoms with Crippen LogP contribution in [0.1, 0.15) is 98.6 Å². The van der Waals surface area contributed by atoms with Crippen LogP contribution in [0.15, 0.2) is 6.20 Å².